The van der Waals surface area contributed by atoms with Crippen molar-refractivity contribution in [2.75, 3.05) is 12.4 Å². The third kappa shape index (κ3) is 4.66. The van der Waals surface area contributed by atoms with Gasteiger partial charge in [0.25, 0.3) is 5.56 Å². The number of nitrogens with one attached hydrogen (secondary N) is 2. The van der Waals surface area contributed by atoms with E-state index in [1.165, 1.54) is 10.4 Å². The van der Waals surface area contributed by atoms with Crippen molar-refractivity contribution in [2.24, 2.45) is 11.3 Å². The number of thiophene rings is 1. The molecule has 0 unspecified atom stereocenters. The molecule has 2 heterocycles. The van der Waals surface area contributed by atoms with Crippen molar-refractivity contribution in [3.63, 3.8) is 0 Å². The van der Waals surface area contributed by atoms with Gasteiger partial charge < -0.3 is 15.0 Å². The van der Waals surface area contributed by atoms with Crippen LogP contribution in [0.3, 0.4) is 0 Å². The van der Waals surface area contributed by atoms with Crippen molar-refractivity contribution in [3.05, 3.63) is 50.9 Å². The summed E-state index contributed by atoms with van der Waals surface area (Å²) in [5.74, 6) is 1.80. The van der Waals surface area contributed by atoms with Gasteiger partial charge in [-0.3, -0.25) is 9.59 Å². The first kappa shape index (κ1) is 21.6. The Hall–Kier alpha value is -2.67. The van der Waals surface area contributed by atoms with Gasteiger partial charge in [0.2, 0.25) is 5.91 Å². The standard InChI is InChI=1S/C24H29N3O3S/c1-24(2,3)14-5-10-17-18(13-14)31-23-21(17)22(29)26-19(27-23)11-12-20(28)25-15-6-8-16(30-4)9-7-15/h6-9,14H,5,10-13H2,1-4H3,(H,25,28)(H,26,27,29)/t14-/m0/s1. The zero-order chi connectivity index (χ0) is 22.2. The minimum atomic E-state index is -0.119. The summed E-state index contributed by atoms with van der Waals surface area (Å²) in [5.41, 5.74) is 2.07. The number of fused-ring (bicyclic) bond motifs is 3. The maximum absolute atomic E-state index is 12.8. The number of rotatable bonds is 5. The fourth-order valence-corrected chi connectivity index (χ4v) is 5.53. The van der Waals surface area contributed by atoms with E-state index in [4.69, 9.17) is 9.72 Å². The normalized spacial score (nSPS) is 16.2. The minimum absolute atomic E-state index is 0.0812. The van der Waals surface area contributed by atoms with Crippen molar-refractivity contribution in [3.8, 4) is 5.75 Å². The lowest BCUT2D eigenvalue weighted by Crippen LogP contribution is -2.26. The Balaban J connectivity index is 1.46. The fraction of sp³-hybridized carbons (Fsp3) is 0.458. The number of aromatic nitrogens is 2. The summed E-state index contributed by atoms with van der Waals surface area (Å²) in [5, 5.41) is 3.61. The number of hydrogen-bond donors (Lipinski definition) is 2. The smallest absolute Gasteiger partial charge is 0.259 e. The first-order chi connectivity index (χ1) is 14.7. The number of carbonyl (C=O) groups excluding carboxylic acids is 1. The quantitative estimate of drug-likeness (QED) is 0.603. The molecule has 0 bridgehead atoms. The lowest BCUT2D eigenvalue weighted by atomic mass is 9.72. The molecule has 31 heavy (non-hydrogen) atoms. The van der Waals surface area contributed by atoms with Crippen LogP contribution in [0.5, 0.6) is 5.75 Å². The van der Waals surface area contributed by atoms with Crippen molar-refractivity contribution in [1.29, 1.82) is 0 Å². The Morgan fingerprint density at radius 1 is 1.29 bits per heavy atom. The lowest BCUT2D eigenvalue weighted by Gasteiger charge is -2.33. The van der Waals surface area contributed by atoms with E-state index in [9.17, 15) is 9.59 Å². The van der Waals surface area contributed by atoms with E-state index >= 15 is 0 Å². The van der Waals surface area contributed by atoms with E-state index in [1.807, 2.05) is 0 Å². The molecule has 1 aliphatic carbocycles. The van der Waals surface area contributed by atoms with Crippen LogP contribution in [0, 0.1) is 11.3 Å². The molecule has 0 saturated carbocycles. The summed E-state index contributed by atoms with van der Waals surface area (Å²) < 4.78 is 5.12. The second-order valence-corrected chi connectivity index (χ2v) is 10.4. The first-order valence-corrected chi connectivity index (χ1v) is 11.5. The number of benzene rings is 1. The number of methoxy groups -OCH3 is 1. The second-order valence-electron chi connectivity index (χ2n) is 9.28. The highest BCUT2D eigenvalue weighted by atomic mass is 32.1. The Bertz CT molecular complexity index is 1160. The molecule has 1 amide bonds. The van der Waals surface area contributed by atoms with Gasteiger partial charge in [0.05, 0.1) is 12.5 Å². The molecule has 2 aromatic heterocycles. The molecular formula is C24H29N3O3S. The molecule has 7 heteroatoms. The van der Waals surface area contributed by atoms with Crippen LogP contribution in [0.4, 0.5) is 5.69 Å². The van der Waals surface area contributed by atoms with Crippen LogP contribution in [0.2, 0.25) is 0 Å². The van der Waals surface area contributed by atoms with Crippen LogP contribution >= 0.6 is 11.3 Å². The van der Waals surface area contributed by atoms with E-state index in [-0.39, 0.29) is 23.3 Å². The molecule has 1 atom stereocenters. The van der Waals surface area contributed by atoms with Crippen LogP contribution in [-0.2, 0) is 24.1 Å². The first-order valence-electron chi connectivity index (χ1n) is 10.7. The molecule has 164 valence electrons. The topological polar surface area (TPSA) is 84.1 Å². The van der Waals surface area contributed by atoms with E-state index in [0.29, 0.717) is 23.9 Å². The number of H-pyrrole nitrogens is 1. The summed E-state index contributed by atoms with van der Waals surface area (Å²) in [7, 11) is 1.60. The second kappa shape index (κ2) is 8.46. The molecule has 2 N–H and O–H groups in total. The third-order valence-electron chi connectivity index (χ3n) is 6.16. The van der Waals surface area contributed by atoms with Crippen LogP contribution in [0.25, 0.3) is 10.2 Å². The van der Waals surface area contributed by atoms with Crippen molar-refractivity contribution >= 4 is 33.1 Å². The maximum atomic E-state index is 12.8. The van der Waals surface area contributed by atoms with Gasteiger partial charge in [-0.1, -0.05) is 20.8 Å². The van der Waals surface area contributed by atoms with E-state index < -0.39 is 0 Å². The molecule has 0 aliphatic heterocycles. The lowest BCUT2D eigenvalue weighted by molar-refractivity contribution is -0.116. The maximum Gasteiger partial charge on any atom is 0.259 e. The number of amides is 1. The molecule has 6 nitrogen and oxygen atoms in total. The molecule has 0 radical (unpaired) electrons. The minimum Gasteiger partial charge on any atom is -0.497 e. The Kier molecular flexibility index (Phi) is 5.88. The molecule has 4 rings (SSSR count). The molecule has 0 saturated heterocycles. The Morgan fingerprint density at radius 2 is 2.03 bits per heavy atom. The molecular weight excluding hydrogens is 410 g/mol. The van der Waals surface area contributed by atoms with Gasteiger partial charge in [0.1, 0.15) is 16.4 Å². The van der Waals surface area contributed by atoms with Crippen molar-refractivity contribution in [1.82, 2.24) is 9.97 Å². The number of nitrogens with zero attached hydrogens (tertiary/aromatic N) is 1. The van der Waals surface area contributed by atoms with Gasteiger partial charge in [-0.05, 0) is 60.4 Å². The molecule has 0 spiro atoms. The summed E-state index contributed by atoms with van der Waals surface area (Å²) in [6, 6.07) is 7.19. The number of hydrogen-bond acceptors (Lipinski definition) is 5. The summed E-state index contributed by atoms with van der Waals surface area (Å²) >= 11 is 1.64. The van der Waals surface area contributed by atoms with Crippen LogP contribution in [0.1, 0.15) is 49.9 Å². The van der Waals surface area contributed by atoms with Gasteiger partial charge in [0.15, 0.2) is 0 Å². The van der Waals surface area contributed by atoms with E-state index in [0.717, 1.165) is 35.2 Å². The monoisotopic (exact) mass is 439 g/mol. The Labute approximate surface area is 186 Å². The predicted molar refractivity (Wildman–Crippen MR) is 125 cm³/mol. The van der Waals surface area contributed by atoms with Crippen molar-refractivity contribution in [2.45, 2.75) is 52.9 Å². The number of aromatic amines is 1. The highest BCUT2D eigenvalue weighted by Crippen LogP contribution is 2.41. The number of anilines is 1. The van der Waals surface area contributed by atoms with Crippen molar-refractivity contribution < 1.29 is 9.53 Å². The molecule has 3 aromatic rings. The predicted octanol–water partition coefficient (Wildman–Crippen LogP) is 4.72. The van der Waals surface area contributed by atoms with Gasteiger partial charge in [-0.15, -0.1) is 11.3 Å². The van der Waals surface area contributed by atoms with Gasteiger partial charge >= 0.3 is 0 Å². The summed E-state index contributed by atoms with van der Waals surface area (Å²) in [6.45, 7) is 6.86. The number of ether oxygens (including phenoxy) is 1. The zero-order valence-corrected chi connectivity index (χ0v) is 19.3. The van der Waals surface area contributed by atoms with Crippen LogP contribution < -0.4 is 15.6 Å². The highest BCUT2D eigenvalue weighted by molar-refractivity contribution is 7.18. The summed E-state index contributed by atoms with van der Waals surface area (Å²) in [4.78, 5) is 34.8. The average molecular weight is 440 g/mol. The zero-order valence-electron chi connectivity index (χ0n) is 18.5. The molecule has 0 fully saturated rings. The average Bonchev–Trinajstić information content (AvgIpc) is 3.10. The highest BCUT2D eigenvalue weighted by Gasteiger charge is 2.31. The summed E-state index contributed by atoms with van der Waals surface area (Å²) in [6.07, 6.45) is 3.69. The van der Waals surface area contributed by atoms with Gasteiger partial charge in [-0.2, -0.15) is 0 Å². The molecule has 1 aromatic carbocycles. The Morgan fingerprint density at radius 3 is 2.71 bits per heavy atom. The largest absolute Gasteiger partial charge is 0.497 e. The van der Waals surface area contributed by atoms with Gasteiger partial charge in [0, 0.05) is 23.4 Å². The molecule has 1 aliphatic rings. The SMILES string of the molecule is COc1ccc(NC(=O)CCc2nc3sc4c(c3c(=O)[nH]2)CC[C@H](C(C)(C)C)C4)cc1. The fourth-order valence-electron chi connectivity index (χ4n) is 4.22. The third-order valence-corrected chi connectivity index (χ3v) is 7.30. The van der Waals surface area contributed by atoms with Crippen LogP contribution in [-0.4, -0.2) is 23.0 Å². The van der Waals surface area contributed by atoms with Gasteiger partial charge in [-0.25, -0.2) is 4.98 Å². The van der Waals surface area contributed by atoms with E-state index in [1.54, 1.807) is 42.7 Å². The number of carbonyl (C=O) groups is 1. The number of aryl methyl sites for hydroxylation is 2. The van der Waals surface area contributed by atoms with Crippen LogP contribution in [0.15, 0.2) is 29.1 Å². The van der Waals surface area contributed by atoms with E-state index in [2.05, 4.69) is 31.1 Å².